The smallest absolute Gasteiger partial charge is 0.119 e. The summed E-state index contributed by atoms with van der Waals surface area (Å²) in [6, 6.07) is 5.90. The molecule has 0 aliphatic heterocycles. The molecular weight excluding hydrogens is 212 g/mol. The Hall–Kier alpha value is -1.46. The van der Waals surface area contributed by atoms with Gasteiger partial charge in [-0.2, -0.15) is 0 Å². The van der Waals surface area contributed by atoms with Gasteiger partial charge in [0.2, 0.25) is 0 Å². The van der Waals surface area contributed by atoms with E-state index in [9.17, 15) is 0 Å². The van der Waals surface area contributed by atoms with Crippen LogP contribution in [0.4, 0.5) is 0 Å². The van der Waals surface area contributed by atoms with Crippen molar-refractivity contribution in [3.63, 3.8) is 0 Å². The average Bonchev–Trinajstić information content (AvgIpc) is 3.12. The Morgan fingerprint density at radius 1 is 1.41 bits per heavy atom. The van der Waals surface area contributed by atoms with Crippen LogP contribution >= 0.6 is 0 Å². The first-order chi connectivity index (χ1) is 8.29. The van der Waals surface area contributed by atoms with Crippen LogP contribution in [0.25, 0.3) is 0 Å². The molecule has 2 rings (SSSR count). The summed E-state index contributed by atoms with van der Waals surface area (Å²) in [5, 5.41) is 8.65. The topological polar surface area (TPSA) is 29.5 Å². The first-order valence-electron chi connectivity index (χ1n) is 6.13. The monoisotopic (exact) mass is 230 g/mol. The predicted molar refractivity (Wildman–Crippen MR) is 68.0 cm³/mol. The minimum Gasteiger partial charge on any atom is -0.494 e. The third-order valence-electron chi connectivity index (χ3n) is 2.99. The van der Waals surface area contributed by atoms with E-state index < -0.39 is 0 Å². The summed E-state index contributed by atoms with van der Waals surface area (Å²) in [6.07, 6.45) is 3.92. The van der Waals surface area contributed by atoms with Crippen molar-refractivity contribution in [1.29, 1.82) is 0 Å². The number of aryl methyl sites for hydroxylation is 1. The Balaban J connectivity index is 1.92. The largest absolute Gasteiger partial charge is 0.494 e. The van der Waals surface area contributed by atoms with Crippen molar-refractivity contribution in [1.82, 2.24) is 0 Å². The molecule has 17 heavy (non-hydrogen) atoms. The lowest BCUT2D eigenvalue weighted by molar-refractivity contribution is 0.302. The zero-order valence-electron chi connectivity index (χ0n) is 10.2. The van der Waals surface area contributed by atoms with Crippen molar-refractivity contribution >= 4 is 0 Å². The van der Waals surface area contributed by atoms with Gasteiger partial charge in [0.05, 0.1) is 6.61 Å². The molecule has 0 radical (unpaired) electrons. The Kier molecular flexibility index (Phi) is 4.06. The molecule has 0 saturated heterocycles. The predicted octanol–water partition coefficient (Wildman–Crippen LogP) is 2.52. The number of benzene rings is 1. The molecule has 1 aliphatic rings. The number of hydrogen-bond acceptors (Lipinski definition) is 2. The van der Waals surface area contributed by atoms with Gasteiger partial charge in [-0.1, -0.05) is 24.7 Å². The van der Waals surface area contributed by atoms with Crippen LogP contribution in [-0.2, 0) is 0 Å². The molecule has 0 bridgehead atoms. The molecule has 0 aromatic heterocycles. The van der Waals surface area contributed by atoms with Gasteiger partial charge in [0.25, 0.3) is 0 Å². The summed E-state index contributed by atoms with van der Waals surface area (Å²) >= 11 is 0. The third kappa shape index (κ3) is 3.80. The van der Waals surface area contributed by atoms with Crippen LogP contribution in [-0.4, -0.2) is 18.3 Å². The number of rotatable bonds is 4. The second-order valence-corrected chi connectivity index (χ2v) is 4.52. The van der Waals surface area contributed by atoms with Crippen molar-refractivity contribution in [3.8, 4) is 17.6 Å². The quantitative estimate of drug-likeness (QED) is 0.805. The highest BCUT2D eigenvalue weighted by Gasteiger charge is 2.20. The van der Waals surface area contributed by atoms with Crippen LogP contribution in [0.15, 0.2) is 18.2 Å². The van der Waals surface area contributed by atoms with Gasteiger partial charge in [-0.3, -0.25) is 0 Å². The number of hydrogen-bond donors (Lipinski definition) is 1. The SMILES string of the molecule is Cc1cc(OCCC2CC2)ccc1C#CCO. The lowest BCUT2D eigenvalue weighted by atomic mass is 10.1. The minimum atomic E-state index is -0.0981. The van der Waals surface area contributed by atoms with E-state index in [0.29, 0.717) is 0 Å². The fraction of sp³-hybridized carbons (Fsp3) is 0.467. The molecule has 1 saturated carbocycles. The molecule has 2 nitrogen and oxygen atoms in total. The van der Waals surface area contributed by atoms with E-state index in [-0.39, 0.29) is 6.61 Å². The van der Waals surface area contributed by atoms with E-state index in [1.165, 1.54) is 19.3 Å². The van der Waals surface area contributed by atoms with Crippen LogP contribution in [0.2, 0.25) is 0 Å². The Morgan fingerprint density at radius 2 is 2.24 bits per heavy atom. The summed E-state index contributed by atoms with van der Waals surface area (Å²) in [6.45, 7) is 2.72. The maximum absolute atomic E-state index is 8.65. The van der Waals surface area contributed by atoms with Crippen LogP contribution in [0.5, 0.6) is 5.75 Å². The van der Waals surface area contributed by atoms with Gasteiger partial charge in [-0.05, 0) is 43.0 Å². The summed E-state index contributed by atoms with van der Waals surface area (Å²) in [5.74, 6) is 7.40. The molecular formula is C15H18O2. The van der Waals surface area contributed by atoms with Gasteiger partial charge in [0, 0.05) is 5.56 Å². The van der Waals surface area contributed by atoms with E-state index in [1.54, 1.807) is 0 Å². The molecule has 0 atom stereocenters. The van der Waals surface area contributed by atoms with E-state index in [1.807, 2.05) is 25.1 Å². The van der Waals surface area contributed by atoms with Gasteiger partial charge in [0.15, 0.2) is 0 Å². The fourth-order valence-corrected chi connectivity index (χ4v) is 1.75. The van der Waals surface area contributed by atoms with Gasteiger partial charge in [-0.15, -0.1) is 0 Å². The third-order valence-corrected chi connectivity index (χ3v) is 2.99. The van der Waals surface area contributed by atoms with Crippen LogP contribution < -0.4 is 4.74 Å². The van der Waals surface area contributed by atoms with Crippen LogP contribution in [0.3, 0.4) is 0 Å². The minimum absolute atomic E-state index is 0.0981. The zero-order valence-corrected chi connectivity index (χ0v) is 10.2. The van der Waals surface area contributed by atoms with Crippen molar-refractivity contribution in [2.75, 3.05) is 13.2 Å². The number of aliphatic hydroxyl groups is 1. The molecule has 90 valence electrons. The Labute approximate surface area is 103 Å². The Bertz CT molecular complexity index is 436. The Morgan fingerprint density at radius 3 is 2.88 bits per heavy atom. The van der Waals surface area contributed by atoms with E-state index in [2.05, 4.69) is 11.8 Å². The molecule has 1 aromatic rings. The second kappa shape index (κ2) is 5.75. The molecule has 1 aromatic carbocycles. The maximum Gasteiger partial charge on any atom is 0.119 e. The number of aliphatic hydroxyl groups excluding tert-OH is 1. The van der Waals surface area contributed by atoms with Crippen LogP contribution in [0, 0.1) is 24.7 Å². The van der Waals surface area contributed by atoms with E-state index >= 15 is 0 Å². The molecule has 1 N–H and O–H groups in total. The summed E-state index contributed by atoms with van der Waals surface area (Å²) < 4.78 is 5.70. The highest BCUT2D eigenvalue weighted by molar-refractivity contribution is 5.44. The molecule has 1 aliphatic carbocycles. The summed E-state index contributed by atoms with van der Waals surface area (Å²) in [4.78, 5) is 0. The van der Waals surface area contributed by atoms with Gasteiger partial charge in [-0.25, -0.2) is 0 Å². The van der Waals surface area contributed by atoms with Crippen molar-refractivity contribution in [2.45, 2.75) is 26.2 Å². The van der Waals surface area contributed by atoms with Gasteiger partial charge in [0.1, 0.15) is 12.4 Å². The fourth-order valence-electron chi connectivity index (χ4n) is 1.75. The zero-order chi connectivity index (χ0) is 12.1. The lowest BCUT2D eigenvalue weighted by Gasteiger charge is -2.07. The first-order valence-corrected chi connectivity index (χ1v) is 6.13. The molecule has 0 unspecified atom stereocenters. The van der Waals surface area contributed by atoms with E-state index in [0.717, 1.165) is 29.4 Å². The van der Waals surface area contributed by atoms with Crippen molar-refractivity contribution < 1.29 is 9.84 Å². The molecule has 1 fully saturated rings. The lowest BCUT2D eigenvalue weighted by Crippen LogP contribution is -1.98. The van der Waals surface area contributed by atoms with Gasteiger partial charge >= 0.3 is 0 Å². The van der Waals surface area contributed by atoms with Gasteiger partial charge < -0.3 is 9.84 Å². The first kappa shape index (κ1) is 12.0. The summed E-state index contributed by atoms with van der Waals surface area (Å²) in [5.41, 5.74) is 2.04. The molecule has 0 spiro atoms. The summed E-state index contributed by atoms with van der Waals surface area (Å²) in [7, 11) is 0. The molecule has 2 heteroatoms. The number of ether oxygens (including phenoxy) is 1. The average molecular weight is 230 g/mol. The molecule has 0 amide bonds. The highest BCUT2D eigenvalue weighted by Crippen LogP contribution is 2.32. The maximum atomic E-state index is 8.65. The molecule has 0 heterocycles. The highest BCUT2D eigenvalue weighted by atomic mass is 16.5. The van der Waals surface area contributed by atoms with Crippen molar-refractivity contribution in [3.05, 3.63) is 29.3 Å². The standard InChI is InChI=1S/C15H18O2/c1-12-11-15(17-10-8-13-4-5-13)7-6-14(12)3-2-9-16/h6-7,11,13,16H,4-5,8-10H2,1H3. The van der Waals surface area contributed by atoms with Crippen LogP contribution in [0.1, 0.15) is 30.4 Å². The second-order valence-electron chi connectivity index (χ2n) is 4.52. The normalized spacial score (nSPS) is 14.0. The van der Waals surface area contributed by atoms with Crippen molar-refractivity contribution in [2.24, 2.45) is 5.92 Å². The van der Waals surface area contributed by atoms with E-state index in [4.69, 9.17) is 9.84 Å².